The predicted molar refractivity (Wildman–Crippen MR) is 82.1 cm³/mol. The van der Waals surface area contributed by atoms with Gasteiger partial charge in [0.1, 0.15) is 5.69 Å². The van der Waals surface area contributed by atoms with Gasteiger partial charge in [0.25, 0.3) is 0 Å². The van der Waals surface area contributed by atoms with Crippen molar-refractivity contribution >= 4 is 5.78 Å². The van der Waals surface area contributed by atoms with E-state index in [9.17, 15) is 4.79 Å². The number of nitrogens with zero attached hydrogens (tertiary/aromatic N) is 2. The zero-order valence-electron chi connectivity index (χ0n) is 11.7. The molecule has 0 atom stereocenters. The SMILES string of the molecule is Cc1cnc(C(=O)c2ccc(-c3ccccc3)cc2)cn1. The highest BCUT2D eigenvalue weighted by atomic mass is 16.1. The summed E-state index contributed by atoms with van der Waals surface area (Å²) >= 11 is 0. The molecule has 0 N–H and O–H groups in total. The number of aryl methyl sites for hydroxylation is 1. The number of benzene rings is 2. The van der Waals surface area contributed by atoms with Crippen molar-refractivity contribution in [2.24, 2.45) is 0 Å². The Morgan fingerprint density at radius 3 is 2.10 bits per heavy atom. The average Bonchev–Trinajstić information content (AvgIpc) is 2.56. The largest absolute Gasteiger partial charge is 0.287 e. The summed E-state index contributed by atoms with van der Waals surface area (Å²) < 4.78 is 0. The minimum atomic E-state index is -0.109. The molecule has 0 saturated carbocycles. The monoisotopic (exact) mass is 274 g/mol. The van der Waals surface area contributed by atoms with Crippen LogP contribution >= 0.6 is 0 Å². The summed E-state index contributed by atoms with van der Waals surface area (Å²) in [5.74, 6) is -0.109. The van der Waals surface area contributed by atoms with Crippen molar-refractivity contribution in [1.82, 2.24) is 9.97 Å². The third-order valence-corrected chi connectivity index (χ3v) is 3.27. The van der Waals surface area contributed by atoms with Crippen LogP contribution in [0.2, 0.25) is 0 Å². The Hall–Kier alpha value is -2.81. The highest BCUT2D eigenvalue weighted by molar-refractivity contribution is 6.07. The average molecular weight is 274 g/mol. The third-order valence-electron chi connectivity index (χ3n) is 3.27. The summed E-state index contributed by atoms with van der Waals surface area (Å²) in [6.07, 6.45) is 3.12. The van der Waals surface area contributed by atoms with Gasteiger partial charge in [0.2, 0.25) is 5.78 Å². The summed E-state index contributed by atoms with van der Waals surface area (Å²) in [4.78, 5) is 20.5. The standard InChI is InChI=1S/C18H14N2O/c1-13-11-20-17(12-19-13)18(21)16-9-7-15(8-10-16)14-5-3-2-4-6-14/h2-12H,1H3. The lowest BCUT2D eigenvalue weighted by Gasteiger charge is -2.04. The molecule has 0 radical (unpaired) electrons. The van der Waals surface area contributed by atoms with E-state index >= 15 is 0 Å². The summed E-state index contributed by atoms with van der Waals surface area (Å²) in [6, 6.07) is 17.6. The van der Waals surface area contributed by atoms with E-state index in [4.69, 9.17) is 0 Å². The van der Waals surface area contributed by atoms with E-state index in [1.54, 1.807) is 6.20 Å². The lowest BCUT2D eigenvalue weighted by molar-refractivity contribution is 0.103. The number of hydrogen-bond donors (Lipinski definition) is 0. The van der Waals surface area contributed by atoms with Gasteiger partial charge >= 0.3 is 0 Å². The maximum absolute atomic E-state index is 12.3. The highest BCUT2D eigenvalue weighted by Crippen LogP contribution is 2.20. The van der Waals surface area contributed by atoms with Crippen LogP contribution in [-0.2, 0) is 0 Å². The van der Waals surface area contributed by atoms with E-state index < -0.39 is 0 Å². The number of aromatic nitrogens is 2. The van der Waals surface area contributed by atoms with E-state index in [2.05, 4.69) is 9.97 Å². The Morgan fingerprint density at radius 1 is 0.810 bits per heavy atom. The van der Waals surface area contributed by atoms with Gasteiger partial charge < -0.3 is 0 Å². The van der Waals surface area contributed by atoms with E-state index in [0.29, 0.717) is 11.3 Å². The first-order valence-electron chi connectivity index (χ1n) is 6.73. The van der Waals surface area contributed by atoms with Crippen LogP contribution in [0.25, 0.3) is 11.1 Å². The molecule has 0 spiro atoms. The van der Waals surface area contributed by atoms with Gasteiger partial charge in [-0.1, -0.05) is 54.6 Å². The van der Waals surface area contributed by atoms with Crippen molar-refractivity contribution in [3.8, 4) is 11.1 Å². The molecule has 0 aliphatic heterocycles. The zero-order chi connectivity index (χ0) is 14.7. The maximum Gasteiger partial charge on any atom is 0.212 e. The molecular formula is C18H14N2O. The summed E-state index contributed by atoms with van der Waals surface area (Å²) in [7, 11) is 0. The van der Waals surface area contributed by atoms with Gasteiger partial charge in [0.15, 0.2) is 0 Å². The van der Waals surface area contributed by atoms with E-state index in [0.717, 1.165) is 16.8 Å². The van der Waals surface area contributed by atoms with E-state index in [-0.39, 0.29) is 5.78 Å². The van der Waals surface area contributed by atoms with Gasteiger partial charge in [-0.25, -0.2) is 4.98 Å². The summed E-state index contributed by atoms with van der Waals surface area (Å²) in [5.41, 5.74) is 4.00. The number of ketones is 1. The second kappa shape index (κ2) is 5.67. The fourth-order valence-electron chi connectivity index (χ4n) is 2.10. The lowest BCUT2D eigenvalue weighted by Crippen LogP contribution is -2.04. The number of carbonyl (C=O) groups is 1. The molecule has 3 heteroatoms. The molecule has 0 fully saturated rings. The fourth-order valence-corrected chi connectivity index (χ4v) is 2.10. The predicted octanol–water partition coefficient (Wildman–Crippen LogP) is 3.68. The molecule has 21 heavy (non-hydrogen) atoms. The summed E-state index contributed by atoms with van der Waals surface area (Å²) in [5, 5.41) is 0. The zero-order valence-corrected chi connectivity index (χ0v) is 11.7. The molecule has 0 aliphatic rings. The second-order valence-electron chi connectivity index (χ2n) is 4.82. The van der Waals surface area contributed by atoms with Crippen molar-refractivity contribution in [1.29, 1.82) is 0 Å². The lowest BCUT2D eigenvalue weighted by atomic mass is 10.0. The molecule has 0 aliphatic carbocycles. The molecule has 0 bridgehead atoms. The first-order valence-corrected chi connectivity index (χ1v) is 6.73. The van der Waals surface area contributed by atoms with Crippen LogP contribution in [0, 0.1) is 6.92 Å². The summed E-state index contributed by atoms with van der Waals surface area (Å²) in [6.45, 7) is 1.84. The Morgan fingerprint density at radius 2 is 1.48 bits per heavy atom. The number of hydrogen-bond acceptors (Lipinski definition) is 3. The third kappa shape index (κ3) is 2.87. The van der Waals surface area contributed by atoms with Crippen LogP contribution in [0.15, 0.2) is 67.0 Å². The number of rotatable bonds is 3. The van der Waals surface area contributed by atoms with Crippen LogP contribution in [0.1, 0.15) is 21.7 Å². The second-order valence-corrected chi connectivity index (χ2v) is 4.82. The van der Waals surface area contributed by atoms with E-state index in [1.165, 1.54) is 6.20 Å². The van der Waals surface area contributed by atoms with Gasteiger partial charge in [0, 0.05) is 11.8 Å². The molecule has 1 aromatic heterocycles. The van der Waals surface area contributed by atoms with Crippen LogP contribution in [-0.4, -0.2) is 15.8 Å². The van der Waals surface area contributed by atoms with Crippen LogP contribution in [0.3, 0.4) is 0 Å². The molecular weight excluding hydrogens is 260 g/mol. The molecule has 3 nitrogen and oxygen atoms in total. The van der Waals surface area contributed by atoms with Crippen molar-refractivity contribution < 1.29 is 4.79 Å². The molecule has 102 valence electrons. The first kappa shape index (κ1) is 13.2. The quantitative estimate of drug-likeness (QED) is 0.684. The minimum Gasteiger partial charge on any atom is -0.287 e. The van der Waals surface area contributed by atoms with Crippen LogP contribution in [0.4, 0.5) is 0 Å². The van der Waals surface area contributed by atoms with Gasteiger partial charge in [-0.15, -0.1) is 0 Å². The Kier molecular flexibility index (Phi) is 3.56. The Labute approximate surface area is 123 Å². The van der Waals surface area contributed by atoms with Gasteiger partial charge in [-0.3, -0.25) is 9.78 Å². The Bertz CT molecular complexity index is 747. The maximum atomic E-state index is 12.3. The van der Waals surface area contributed by atoms with Gasteiger partial charge in [-0.2, -0.15) is 0 Å². The smallest absolute Gasteiger partial charge is 0.212 e. The molecule has 1 heterocycles. The normalized spacial score (nSPS) is 10.3. The van der Waals surface area contributed by atoms with Crippen molar-refractivity contribution in [2.45, 2.75) is 6.92 Å². The van der Waals surface area contributed by atoms with E-state index in [1.807, 2.05) is 61.5 Å². The van der Waals surface area contributed by atoms with Crippen molar-refractivity contribution in [3.05, 3.63) is 83.9 Å². The van der Waals surface area contributed by atoms with Crippen molar-refractivity contribution in [3.63, 3.8) is 0 Å². The molecule has 0 amide bonds. The molecule has 3 aromatic rings. The molecule has 3 rings (SSSR count). The topological polar surface area (TPSA) is 42.9 Å². The van der Waals surface area contributed by atoms with Crippen LogP contribution < -0.4 is 0 Å². The Balaban J connectivity index is 1.87. The minimum absolute atomic E-state index is 0.109. The molecule has 0 unspecified atom stereocenters. The van der Waals surface area contributed by atoms with Gasteiger partial charge in [-0.05, 0) is 18.1 Å². The van der Waals surface area contributed by atoms with Crippen molar-refractivity contribution in [2.75, 3.05) is 0 Å². The number of carbonyl (C=O) groups excluding carboxylic acids is 1. The van der Waals surface area contributed by atoms with Crippen LogP contribution in [0.5, 0.6) is 0 Å². The molecule has 2 aromatic carbocycles. The fraction of sp³-hybridized carbons (Fsp3) is 0.0556. The first-order chi connectivity index (χ1) is 10.2. The van der Waals surface area contributed by atoms with Gasteiger partial charge in [0.05, 0.1) is 11.9 Å². The molecule has 0 saturated heterocycles. The highest BCUT2D eigenvalue weighted by Gasteiger charge is 2.10.